The minimum Gasteiger partial charge on any atom is -0.396 e. The van der Waals surface area contributed by atoms with Gasteiger partial charge < -0.3 is 5.11 Å². The molecule has 4 nitrogen and oxygen atoms in total. The third-order valence-electron chi connectivity index (χ3n) is 3.59. The van der Waals surface area contributed by atoms with Gasteiger partial charge in [0, 0.05) is 24.6 Å². The molecular formula is C15H21NO3S. The predicted molar refractivity (Wildman–Crippen MR) is 80.4 cm³/mol. The van der Waals surface area contributed by atoms with Crippen LogP contribution in [0.1, 0.15) is 31.2 Å². The van der Waals surface area contributed by atoms with Crippen LogP contribution in [0.5, 0.6) is 0 Å². The Kier molecular flexibility index (Phi) is 5.34. The molecule has 1 heterocycles. The lowest BCUT2D eigenvalue weighted by Gasteiger charge is -2.33. The first-order chi connectivity index (χ1) is 9.63. The van der Waals surface area contributed by atoms with Crippen LogP contribution in [-0.4, -0.2) is 37.0 Å². The third kappa shape index (κ3) is 3.91. The number of benzene rings is 1. The van der Waals surface area contributed by atoms with Crippen LogP contribution in [-0.2, 0) is 10.0 Å². The molecule has 0 spiro atoms. The zero-order valence-corrected chi connectivity index (χ0v) is 12.3. The molecule has 0 saturated carbocycles. The highest BCUT2D eigenvalue weighted by molar-refractivity contribution is 7.92. The van der Waals surface area contributed by atoms with Crippen LogP contribution in [0.25, 0.3) is 6.08 Å². The Labute approximate surface area is 120 Å². The van der Waals surface area contributed by atoms with Gasteiger partial charge >= 0.3 is 0 Å². The van der Waals surface area contributed by atoms with E-state index < -0.39 is 10.0 Å². The Morgan fingerprint density at radius 2 is 2.00 bits per heavy atom. The number of hydrogen-bond donors (Lipinski definition) is 1. The normalized spacial score (nSPS) is 21.4. The molecule has 1 fully saturated rings. The Balaban J connectivity index is 2.14. The van der Waals surface area contributed by atoms with Gasteiger partial charge in [-0.05, 0) is 30.9 Å². The summed E-state index contributed by atoms with van der Waals surface area (Å²) >= 11 is 0. The van der Waals surface area contributed by atoms with E-state index in [-0.39, 0.29) is 12.6 Å². The van der Waals surface area contributed by atoms with E-state index in [1.165, 1.54) is 9.71 Å². The fraction of sp³-hybridized carbons (Fsp3) is 0.467. The molecule has 2 rings (SSSR count). The highest BCUT2D eigenvalue weighted by Gasteiger charge is 2.30. The Bertz CT molecular complexity index is 537. The highest BCUT2D eigenvalue weighted by atomic mass is 32.2. The average molecular weight is 295 g/mol. The smallest absolute Gasteiger partial charge is 0.236 e. The lowest BCUT2D eigenvalue weighted by atomic mass is 10.0. The monoisotopic (exact) mass is 295 g/mol. The molecule has 0 radical (unpaired) electrons. The van der Waals surface area contributed by atoms with Crippen molar-refractivity contribution in [1.29, 1.82) is 0 Å². The first-order valence-corrected chi connectivity index (χ1v) is 8.49. The Hall–Kier alpha value is -1.17. The molecule has 1 aromatic carbocycles. The predicted octanol–water partition coefficient (Wildman–Crippen LogP) is 2.22. The second-order valence-electron chi connectivity index (χ2n) is 5.03. The van der Waals surface area contributed by atoms with E-state index in [1.807, 2.05) is 30.3 Å². The molecule has 1 aromatic rings. The summed E-state index contributed by atoms with van der Waals surface area (Å²) < 4.78 is 26.3. The highest BCUT2D eigenvalue weighted by Crippen LogP contribution is 2.23. The molecule has 0 aromatic heterocycles. The summed E-state index contributed by atoms with van der Waals surface area (Å²) in [6.07, 6.45) is 4.89. The SMILES string of the molecule is O=S(=O)(/C=C/c1ccccc1)N1CCCCC1CCO. The summed E-state index contributed by atoms with van der Waals surface area (Å²) in [5.74, 6) is 0. The number of piperidine rings is 1. The first kappa shape index (κ1) is 15.2. The molecule has 0 amide bonds. The van der Waals surface area contributed by atoms with E-state index in [0.717, 1.165) is 24.8 Å². The van der Waals surface area contributed by atoms with Crippen molar-refractivity contribution in [2.24, 2.45) is 0 Å². The van der Waals surface area contributed by atoms with E-state index >= 15 is 0 Å². The van der Waals surface area contributed by atoms with Gasteiger partial charge in [0.05, 0.1) is 0 Å². The van der Waals surface area contributed by atoms with Crippen molar-refractivity contribution in [2.45, 2.75) is 31.7 Å². The van der Waals surface area contributed by atoms with Crippen LogP contribution in [0.2, 0.25) is 0 Å². The molecule has 1 N–H and O–H groups in total. The maximum absolute atomic E-state index is 12.4. The lowest BCUT2D eigenvalue weighted by Crippen LogP contribution is -2.43. The third-order valence-corrected chi connectivity index (χ3v) is 5.21. The van der Waals surface area contributed by atoms with E-state index in [1.54, 1.807) is 6.08 Å². The van der Waals surface area contributed by atoms with Crippen LogP contribution in [0.4, 0.5) is 0 Å². The van der Waals surface area contributed by atoms with Crippen LogP contribution >= 0.6 is 0 Å². The maximum Gasteiger partial charge on any atom is 0.236 e. The van der Waals surface area contributed by atoms with Gasteiger partial charge in [0.25, 0.3) is 0 Å². The second-order valence-corrected chi connectivity index (χ2v) is 6.80. The van der Waals surface area contributed by atoms with E-state index in [4.69, 9.17) is 5.11 Å². The average Bonchev–Trinajstić information content (AvgIpc) is 2.47. The van der Waals surface area contributed by atoms with Crippen molar-refractivity contribution in [3.63, 3.8) is 0 Å². The minimum absolute atomic E-state index is 0.0269. The van der Waals surface area contributed by atoms with Crippen molar-refractivity contribution in [3.05, 3.63) is 41.3 Å². The molecule has 5 heteroatoms. The molecule has 1 unspecified atom stereocenters. The van der Waals surface area contributed by atoms with Gasteiger partial charge in [-0.25, -0.2) is 8.42 Å². The largest absolute Gasteiger partial charge is 0.396 e. The molecule has 0 aliphatic carbocycles. The summed E-state index contributed by atoms with van der Waals surface area (Å²) in [5, 5.41) is 10.3. The number of nitrogens with zero attached hydrogens (tertiary/aromatic N) is 1. The molecule has 20 heavy (non-hydrogen) atoms. The lowest BCUT2D eigenvalue weighted by molar-refractivity contribution is 0.194. The van der Waals surface area contributed by atoms with Crippen molar-refractivity contribution < 1.29 is 13.5 Å². The van der Waals surface area contributed by atoms with Gasteiger partial charge in [-0.2, -0.15) is 4.31 Å². The number of hydrogen-bond acceptors (Lipinski definition) is 3. The molecule has 0 bridgehead atoms. The fourth-order valence-corrected chi connectivity index (χ4v) is 4.05. The van der Waals surface area contributed by atoms with Gasteiger partial charge in [0.1, 0.15) is 0 Å². The van der Waals surface area contributed by atoms with Crippen molar-refractivity contribution in [1.82, 2.24) is 4.31 Å². The molecule has 1 saturated heterocycles. The first-order valence-electron chi connectivity index (χ1n) is 6.99. The number of aliphatic hydroxyl groups excluding tert-OH is 1. The van der Waals surface area contributed by atoms with Crippen molar-refractivity contribution >= 4 is 16.1 Å². The zero-order valence-electron chi connectivity index (χ0n) is 11.5. The summed E-state index contributed by atoms with van der Waals surface area (Å²) in [7, 11) is -3.41. The number of rotatable bonds is 5. The van der Waals surface area contributed by atoms with Gasteiger partial charge in [0.15, 0.2) is 0 Å². The van der Waals surface area contributed by atoms with Crippen LogP contribution in [0.15, 0.2) is 35.7 Å². The summed E-state index contributed by atoms with van der Waals surface area (Å²) in [5.41, 5.74) is 0.867. The van der Waals surface area contributed by atoms with Gasteiger partial charge in [-0.15, -0.1) is 0 Å². The van der Waals surface area contributed by atoms with Gasteiger partial charge in [-0.1, -0.05) is 36.8 Å². The standard InChI is InChI=1S/C15H21NO3S/c17-12-9-15-8-4-5-11-16(15)20(18,19)13-10-14-6-2-1-3-7-14/h1-3,6-7,10,13,15,17H,4-5,8-9,11-12H2/b13-10+. The summed E-state index contributed by atoms with van der Waals surface area (Å²) in [6, 6.07) is 9.32. The van der Waals surface area contributed by atoms with Crippen LogP contribution < -0.4 is 0 Å². The molecular weight excluding hydrogens is 274 g/mol. The fourth-order valence-electron chi connectivity index (χ4n) is 2.55. The quantitative estimate of drug-likeness (QED) is 0.906. The van der Waals surface area contributed by atoms with Gasteiger partial charge in [-0.3, -0.25) is 0 Å². The minimum atomic E-state index is -3.41. The van der Waals surface area contributed by atoms with E-state index in [2.05, 4.69) is 0 Å². The molecule has 1 aliphatic heterocycles. The van der Waals surface area contributed by atoms with E-state index in [0.29, 0.717) is 13.0 Å². The van der Waals surface area contributed by atoms with Gasteiger partial charge in [0.2, 0.25) is 10.0 Å². The second kappa shape index (κ2) is 7.02. The number of aliphatic hydroxyl groups is 1. The van der Waals surface area contributed by atoms with Crippen LogP contribution in [0.3, 0.4) is 0 Å². The zero-order chi connectivity index (χ0) is 14.4. The number of sulfonamides is 1. The topological polar surface area (TPSA) is 57.6 Å². The summed E-state index contributed by atoms with van der Waals surface area (Å²) in [4.78, 5) is 0. The molecule has 1 aliphatic rings. The van der Waals surface area contributed by atoms with E-state index in [9.17, 15) is 8.42 Å². The maximum atomic E-state index is 12.4. The van der Waals surface area contributed by atoms with Crippen molar-refractivity contribution in [2.75, 3.05) is 13.2 Å². The molecule has 110 valence electrons. The Morgan fingerprint density at radius 3 is 2.70 bits per heavy atom. The van der Waals surface area contributed by atoms with Crippen LogP contribution in [0, 0.1) is 0 Å². The Morgan fingerprint density at radius 1 is 1.25 bits per heavy atom. The van der Waals surface area contributed by atoms with Crippen molar-refractivity contribution in [3.8, 4) is 0 Å². The molecule has 1 atom stereocenters. The summed E-state index contributed by atoms with van der Waals surface area (Å²) in [6.45, 7) is 0.575.